The largest absolute Gasteiger partial charge is 0.317 e. The van der Waals surface area contributed by atoms with E-state index in [9.17, 15) is 8.42 Å². The average molecular weight is 301 g/mol. The van der Waals surface area contributed by atoms with Crippen LogP contribution < -0.4 is 5.32 Å². The van der Waals surface area contributed by atoms with Crippen LogP contribution in [0.5, 0.6) is 0 Å². The van der Waals surface area contributed by atoms with Gasteiger partial charge in [-0.3, -0.25) is 4.90 Å². The van der Waals surface area contributed by atoms with E-state index in [1.165, 1.54) is 6.42 Å². The molecule has 0 aromatic heterocycles. The number of fused-ring (bicyclic) bond motifs is 1. The third kappa shape index (κ3) is 3.03. The molecule has 6 heteroatoms. The summed E-state index contributed by atoms with van der Waals surface area (Å²) in [5.74, 6) is 0.696. The highest BCUT2D eigenvalue weighted by molar-refractivity contribution is 7.89. The molecule has 0 amide bonds. The number of nitrogens with zero attached hydrogens (tertiary/aromatic N) is 2. The molecule has 3 rings (SSSR count). The Labute approximate surface area is 122 Å². The Kier molecular flexibility index (Phi) is 4.36. The highest BCUT2D eigenvalue weighted by Gasteiger charge is 2.40. The summed E-state index contributed by atoms with van der Waals surface area (Å²) in [5, 5.41) is 3.30. The van der Waals surface area contributed by atoms with Gasteiger partial charge in [-0.1, -0.05) is 0 Å². The fraction of sp³-hybridized carbons (Fsp3) is 1.00. The minimum atomic E-state index is -3.09. The second-order valence-electron chi connectivity index (χ2n) is 6.68. The van der Waals surface area contributed by atoms with Crippen LogP contribution in [0.25, 0.3) is 0 Å². The van der Waals surface area contributed by atoms with E-state index < -0.39 is 10.0 Å². The molecule has 0 radical (unpaired) electrons. The van der Waals surface area contributed by atoms with Crippen LogP contribution in [-0.2, 0) is 10.0 Å². The molecule has 3 fully saturated rings. The number of piperazine rings is 1. The molecule has 20 heavy (non-hydrogen) atoms. The predicted molar refractivity (Wildman–Crippen MR) is 80.1 cm³/mol. The van der Waals surface area contributed by atoms with Gasteiger partial charge in [0.05, 0.1) is 5.75 Å². The smallest absolute Gasteiger partial charge is 0.214 e. The standard InChI is InChI=1S/C14H27N3O2S/c1-12-9-16-8-2-3-14(16)10-17(12)20(18,19)11-13-4-6-15-7-5-13/h12-15H,2-11H2,1H3. The lowest BCUT2D eigenvalue weighted by Crippen LogP contribution is -2.57. The van der Waals surface area contributed by atoms with Gasteiger partial charge in [-0.2, -0.15) is 4.31 Å². The molecule has 5 nitrogen and oxygen atoms in total. The zero-order chi connectivity index (χ0) is 14.2. The van der Waals surface area contributed by atoms with Crippen LogP contribution in [0, 0.1) is 5.92 Å². The van der Waals surface area contributed by atoms with Crippen molar-refractivity contribution >= 4 is 10.0 Å². The Morgan fingerprint density at radius 1 is 1.15 bits per heavy atom. The molecular weight excluding hydrogens is 274 g/mol. The van der Waals surface area contributed by atoms with Gasteiger partial charge in [0.15, 0.2) is 0 Å². The van der Waals surface area contributed by atoms with E-state index in [4.69, 9.17) is 0 Å². The normalized spacial score (nSPS) is 34.2. The van der Waals surface area contributed by atoms with Crippen LogP contribution >= 0.6 is 0 Å². The molecule has 116 valence electrons. The van der Waals surface area contributed by atoms with Gasteiger partial charge in [0.25, 0.3) is 0 Å². The molecule has 1 N–H and O–H groups in total. The Morgan fingerprint density at radius 3 is 2.65 bits per heavy atom. The molecule has 0 aliphatic carbocycles. The van der Waals surface area contributed by atoms with Crippen LogP contribution in [0.15, 0.2) is 0 Å². The van der Waals surface area contributed by atoms with Crippen LogP contribution in [0.1, 0.15) is 32.6 Å². The van der Waals surface area contributed by atoms with Gasteiger partial charge < -0.3 is 5.32 Å². The van der Waals surface area contributed by atoms with Gasteiger partial charge in [0.1, 0.15) is 0 Å². The summed E-state index contributed by atoms with van der Waals surface area (Å²) in [6.07, 6.45) is 4.37. The molecule has 0 aromatic carbocycles. The summed E-state index contributed by atoms with van der Waals surface area (Å²) in [6, 6.07) is 0.602. The van der Waals surface area contributed by atoms with Crippen molar-refractivity contribution in [2.45, 2.75) is 44.7 Å². The number of nitrogens with one attached hydrogen (secondary N) is 1. The van der Waals surface area contributed by atoms with E-state index in [-0.39, 0.29) is 6.04 Å². The first-order chi connectivity index (χ1) is 9.56. The fourth-order valence-corrected chi connectivity index (χ4v) is 6.12. The summed E-state index contributed by atoms with van der Waals surface area (Å²) in [6.45, 7) is 6.77. The molecule has 2 unspecified atom stereocenters. The second-order valence-corrected chi connectivity index (χ2v) is 8.65. The SMILES string of the molecule is CC1CN2CCCC2CN1S(=O)(=O)CC1CCNCC1. The Bertz CT molecular complexity index is 434. The lowest BCUT2D eigenvalue weighted by molar-refractivity contribution is 0.116. The quantitative estimate of drug-likeness (QED) is 0.824. The minimum absolute atomic E-state index is 0.135. The highest BCUT2D eigenvalue weighted by atomic mass is 32.2. The molecule has 0 bridgehead atoms. The molecule has 3 aliphatic rings. The van der Waals surface area contributed by atoms with Crippen molar-refractivity contribution in [2.75, 3.05) is 38.5 Å². The van der Waals surface area contributed by atoms with E-state index in [0.29, 0.717) is 24.3 Å². The number of hydrogen-bond donors (Lipinski definition) is 1. The molecule has 0 saturated carbocycles. The molecule has 0 aromatic rings. The molecule has 3 saturated heterocycles. The second kappa shape index (κ2) is 5.91. The van der Waals surface area contributed by atoms with Crippen molar-refractivity contribution in [1.29, 1.82) is 0 Å². The first-order valence-corrected chi connectivity index (χ1v) is 9.61. The third-order valence-corrected chi connectivity index (χ3v) is 7.26. The maximum atomic E-state index is 12.7. The zero-order valence-corrected chi connectivity index (χ0v) is 13.2. The van der Waals surface area contributed by atoms with Gasteiger partial charge in [-0.05, 0) is 58.2 Å². The predicted octanol–water partition coefficient (Wildman–Crippen LogP) is 0.484. The number of piperidine rings is 1. The third-order valence-electron chi connectivity index (χ3n) is 5.14. The molecule has 0 spiro atoms. The number of hydrogen-bond acceptors (Lipinski definition) is 4. The van der Waals surface area contributed by atoms with Crippen molar-refractivity contribution in [3.63, 3.8) is 0 Å². The summed E-state index contributed by atoms with van der Waals surface area (Å²) < 4.78 is 27.3. The van der Waals surface area contributed by atoms with Crippen LogP contribution in [0.2, 0.25) is 0 Å². The van der Waals surface area contributed by atoms with Gasteiger partial charge in [-0.25, -0.2) is 8.42 Å². The van der Waals surface area contributed by atoms with E-state index in [0.717, 1.165) is 45.4 Å². The van der Waals surface area contributed by atoms with Crippen LogP contribution in [0.4, 0.5) is 0 Å². The Balaban J connectivity index is 1.66. The molecular formula is C14H27N3O2S. The van der Waals surface area contributed by atoms with Gasteiger partial charge >= 0.3 is 0 Å². The molecule has 3 heterocycles. The van der Waals surface area contributed by atoms with Crippen LogP contribution in [0.3, 0.4) is 0 Å². The lowest BCUT2D eigenvalue weighted by atomic mass is 10.0. The van der Waals surface area contributed by atoms with E-state index in [1.54, 1.807) is 0 Å². The topological polar surface area (TPSA) is 52.7 Å². The maximum absolute atomic E-state index is 12.7. The zero-order valence-electron chi connectivity index (χ0n) is 12.4. The Hall–Kier alpha value is -0.170. The van der Waals surface area contributed by atoms with Crippen molar-refractivity contribution in [2.24, 2.45) is 5.92 Å². The first kappa shape index (κ1) is 14.8. The summed E-state index contributed by atoms with van der Waals surface area (Å²) >= 11 is 0. The van der Waals surface area contributed by atoms with Gasteiger partial charge in [0, 0.05) is 25.2 Å². The molecule has 2 atom stereocenters. The van der Waals surface area contributed by atoms with E-state index >= 15 is 0 Å². The van der Waals surface area contributed by atoms with Gasteiger partial charge in [0.2, 0.25) is 10.0 Å². The lowest BCUT2D eigenvalue weighted by Gasteiger charge is -2.42. The fourth-order valence-electron chi connectivity index (χ4n) is 3.99. The first-order valence-electron chi connectivity index (χ1n) is 8.00. The van der Waals surface area contributed by atoms with Crippen molar-refractivity contribution < 1.29 is 8.42 Å². The van der Waals surface area contributed by atoms with Gasteiger partial charge in [-0.15, -0.1) is 0 Å². The van der Waals surface area contributed by atoms with Crippen molar-refractivity contribution in [1.82, 2.24) is 14.5 Å². The monoisotopic (exact) mass is 301 g/mol. The average Bonchev–Trinajstić information content (AvgIpc) is 2.85. The number of rotatable bonds is 3. The summed E-state index contributed by atoms with van der Waals surface area (Å²) in [7, 11) is -3.09. The van der Waals surface area contributed by atoms with Crippen molar-refractivity contribution in [3.05, 3.63) is 0 Å². The van der Waals surface area contributed by atoms with E-state index in [1.807, 2.05) is 4.31 Å². The highest BCUT2D eigenvalue weighted by Crippen LogP contribution is 2.27. The van der Waals surface area contributed by atoms with Crippen molar-refractivity contribution in [3.8, 4) is 0 Å². The molecule has 3 aliphatic heterocycles. The van der Waals surface area contributed by atoms with Crippen LogP contribution in [-0.4, -0.2) is 68.2 Å². The Morgan fingerprint density at radius 2 is 1.90 bits per heavy atom. The summed E-state index contributed by atoms with van der Waals surface area (Å²) in [5.41, 5.74) is 0. The maximum Gasteiger partial charge on any atom is 0.214 e. The van der Waals surface area contributed by atoms with E-state index in [2.05, 4.69) is 17.1 Å². The minimum Gasteiger partial charge on any atom is -0.317 e. The summed E-state index contributed by atoms with van der Waals surface area (Å²) in [4.78, 5) is 2.47. The number of sulfonamides is 1.